The molecule has 0 bridgehead atoms. The van der Waals surface area contributed by atoms with E-state index < -0.39 is 0 Å². The van der Waals surface area contributed by atoms with Crippen molar-refractivity contribution in [1.82, 2.24) is 15.3 Å². The normalized spacial score (nSPS) is 12.3. The minimum Gasteiger partial charge on any atom is -0.358 e. The Kier molecular flexibility index (Phi) is 5.34. The van der Waals surface area contributed by atoms with Gasteiger partial charge in [0.25, 0.3) is 0 Å². The molecule has 1 amide bonds. The molecule has 0 aliphatic carbocycles. The number of carbonyl (C=O) groups is 1. The van der Waals surface area contributed by atoms with Crippen LogP contribution in [0.2, 0.25) is 5.28 Å². The second-order valence-corrected chi connectivity index (χ2v) is 5.01. The van der Waals surface area contributed by atoms with E-state index in [0.29, 0.717) is 18.3 Å². The number of carbonyl (C=O) groups excluding carboxylic acids is 1. The Hall–Kier alpha value is -1.36. The van der Waals surface area contributed by atoms with Crippen molar-refractivity contribution in [3.05, 3.63) is 17.0 Å². The zero-order valence-corrected chi connectivity index (χ0v) is 11.9. The van der Waals surface area contributed by atoms with Gasteiger partial charge in [0, 0.05) is 18.3 Å². The highest BCUT2D eigenvalue weighted by Crippen LogP contribution is 2.10. The lowest BCUT2D eigenvalue weighted by atomic mass is 10.2. The van der Waals surface area contributed by atoms with E-state index in [0.717, 1.165) is 5.69 Å². The number of rotatable bonds is 5. The second kappa shape index (κ2) is 6.54. The van der Waals surface area contributed by atoms with Gasteiger partial charge in [0.05, 0.1) is 0 Å². The number of amides is 1. The summed E-state index contributed by atoms with van der Waals surface area (Å²) in [6.45, 7) is 8.36. The first kappa shape index (κ1) is 14.7. The van der Waals surface area contributed by atoms with E-state index in [-0.39, 0.29) is 17.2 Å². The molecule has 0 fully saturated rings. The molecule has 0 saturated heterocycles. The van der Waals surface area contributed by atoms with Gasteiger partial charge in [-0.1, -0.05) is 13.8 Å². The van der Waals surface area contributed by atoms with Crippen LogP contribution in [0.15, 0.2) is 6.07 Å². The number of halogens is 1. The minimum atomic E-state index is -0.367. The molecule has 5 nitrogen and oxygen atoms in total. The largest absolute Gasteiger partial charge is 0.358 e. The number of hydrogen-bond acceptors (Lipinski definition) is 4. The zero-order chi connectivity index (χ0) is 13.7. The van der Waals surface area contributed by atoms with Gasteiger partial charge in [0.2, 0.25) is 11.2 Å². The minimum absolute atomic E-state index is 0.0592. The molecule has 1 atom stereocenters. The monoisotopic (exact) mass is 270 g/mol. The lowest BCUT2D eigenvalue weighted by Gasteiger charge is -2.15. The molecular formula is C12H19ClN4O. The SMILES string of the molecule is Cc1cc(NC(C)C(=O)NCC(C)C)nc(Cl)n1. The first-order chi connectivity index (χ1) is 8.38. The quantitative estimate of drug-likeness (QED) is 0.804. The molecule has 1 unspecified atom stereocenters. The summed E-state index contributed by atoms with van der Waals surface area (Å²) in [5.74, 6) is 0.924. The summed E-state index contributed by atoms with van der Waals surface area (Å²) in [5.41, 5.74) is 0.757. The first-order valence-corrected chi connectivity index (χ1v) is 6.31. The molecule has 100 valence electrons. The fourth-order valence-electron chi connectivity index (χ4n) is 1.35. The molecule has 1 aromatic rings. The zero-order valence-electron chi connectivity index (χ0n) is 11.1. The summed E-state index contributed by atoms with van der Waals surface area (Å²) in [7, 11) is 0. The van der Waals surface area contributed by atoms with E-state index >= 15 is 0 Å². The molecule has 18 heavy (non-hydrogen) atoms. The number of nitrogens with zero attached hydrogens (tertiary/aromatic N) is 2. The fraction of sp³-hybridized carbons (Fsp3) is 0.583. The van der Waals surface area contributed by atoms with Crippen molar-refractivity contribution in [2.75, 3.05) is 11.9 Å². The van der Waals surface area contributed by atoms with E-state index in [1.807, 2.05) is 20.8 Å². The number of aryl methyl sites for hydroxylation is 1. The van der Waals surface area contributed by atoms with E-state index in [2.05, 4.69) is 20.6 Å². The topological polar surface area (TPSA) is 66.9 Å². The van der Waals surface area contributed by atoms with Gasteiger partial charge in [-0.3, -0.25) is 4.79 Å². The summed E-state index contributed by atoms with van der Waals surface area (Å²) in [4.78, 5) is 19.7. The van der Waals surface area contributed by atoms with Crippen LogP contribution in [0.3, 0.4) is 0 Å². The van der Waals surface area contributed by atoms with Gasteiger partial charge in [-0.25, -0.2) is 9.97 Å². The van der Waals surface area contributed by atoms with Crippen molar-refractivity contribution < 1.29 is 4.79 Å². The Labute approximate surface area is 112 Å². The van der Waals surface area contributed by atoms with Crippen LogP contribution < -0.4 is 10.6 Å². The number of hydrogen-bond donors (Lipinski definition) is 2. The Morgan fingerprint density at radius 2 is 2.06 bits per heavy atom. The van der Waals surface area contributed by atoms with Gasteiger partial charge in [-0.15, -0.1) is 0 Å². The van der Waals surface area contributed by atoms with Gasteiger partial charge in [-0.2, -0.15) is 0 Å². The van der Waals surface area contributed by atoms with Crippen LogP contribution >= 0.6 is 11.6 Å². The van der Waals surface area contributed by atoms with E-state index in [9.17, 15) is 4.79 Å². The average Bonchev–Trinajstić information content (AvgIpc) is 2.24. The predicted octanol–water partition coefficient (Wildman–Crippen LogP) is 2.01. The Bertz CT molecular complexity index is 402. The Morgan fingerprint density at radius 1 is 1.39 bits per heavy atom. The summed E-state index contributed by atoms with van der Waals surface area (Å²) < 4.78 is 0. The third kappa shape index (κ3) is 4.87. The van der Waals surface area contributed by atoms with Crippen molar-refractivity contribution in [3.8, 4) is 0 Å². The molecule has 0 aliphatic rings. The summed E-state index contributed by atoms with van der Waals surface area (Å²) in [6.07, 6.45) is 0. The number of nitrogens with one attached hydrogen (secondary N) is 2. The summed E-state index contributed by atoms with van der Waals surface area (Å²) >= 11 is 5.75. The number of anilines is 1. The van der Waals surface area contributed by atoms with Gasteiger partial charge in [0.15, 0.2) is 0 Å². The van der Waals surface area contributed by atoms with Gasteiger partial charge < -0.3 is 10.6 Å². The van der Waals surface area contributed by atoms with Crippen LogP contribution in [-0.4, -0.2) is 28.5 Å². The molecule has 0 aliphatic heterocycles. The van der Waals surface area contributed by atoms with Crippen LogP contribution in [0, 0.1) is 12.8 Å². The van der Waals surface area contributed by atoms with E-state index in [4.69, 9.17) is 11.6 Å². The second-order valence-electron chi connectivity index (χ2n) is 4.67. The van der Waals surface area contributed by atoms with Crippen molar-refractivity contribution in [3.63, 3.8) is 0 Å². The van der Waals surface area contributed by atoms with Gasteiger partial charge in [0.1, 0.15) is 11.9 Å². The molecule has 0 aromatic carbocycles. The highest BCUT2D eigenvalue weighted by Gasteiger charge is 2.13. The highest BCUT2D eigenvalue weighted by atomic mass is 35.5. The standard InChI is InChI=1S/C12H19ClN4O/c1-7(2)6-14-11(18)9(4)16-10-5-8(3)15-12(13)17-10/h5,7,9H,6H2,1-4H3,(H,14,18)(H,15,16,17). The smallest absolute Gasteiger partial charge is 0.242 e. The molecule has 1 rings (SSSR count). The van der Waals surface area contributed by atoms with Crippen molar-refractivity contribution >= 4 is 23.3 Å². The van der Waals surface area contributed by atoms with Crippen molar-refractivity contribution in [1.29, 1.82) is 0 Å². The maximum atomic E-state index is 11.8. The fourth-order valence-corrected chi connectivity index (χ4v) is 1.58. The highest BCUT2D eigenvalue weighted by molar-refractivity contribution is 6.28. The maximum Gasteiger partial charge on any atom is 0.242 e. The van der Waals surface area contributed by atoms with Crippen LogP contribution in [-0.2, 0) is 4.79 Å². The molecule has 2 N–H and O–H groups in total. The molecule has 0 saturated carbocycles. The Morgan fingerprint density at radius 3 is 2.61 bits per heavy atom. The third-order valence-corrected chi connectivity index (χ3v) is 2.44. The molecular weight excluding hydrogens is 252 g/mol. The third-order valence-electron chi connectivity index (χ3n) is 2.27. The first-order valence-electron chi connectivity index (χ1n) is 5.94. The summed E-state index contributed by atoms with van der Waals surface area (Å²) in [5, 5.41) is 6.03. The molecule has 0 radical (unpaired) electrons. The van der Waals surface area contributed by atoms with E-state index in [1.165, 1.54) is 0 Å². The van der Waals surface area contributed by atoms with Crippen LogP contribution in [0.5, 0.6) is 0 Å². The summed E-state index contributed by atoms with van der Waals surface area (Å²) in [6, 6.07) is 1.38. The number of aromatic nitrogens is 2. The van der Waals surface area contributed by atoms with E-state index in [1.54, 1.807) is 13.0 Å². The lowest BCUT2D eigenvalue weighted by molar-refractivity contribution is -0.121. The van der Waals surface area contributed by atoms with Crippen molar-refractivity contribution in [2.24, 2.45) is 5.92 Å². The Balaban J connectivity index is 2.58. The average molecular weight is 271 g/mol. The predicted molar refractivity (Wildman–Crippen MR) is 72.7 cm³/mol. The molecule has 0 spiro atoms. The lowest BCUT2D eigenvalue weighted by Crippen LogP contribution is -2.39. The van der Waals surface area contributed by atoms with Crippen LogP contribution in [0.1, 0.15) is 26.5 Å². The van der Waals surface area contributed by atoms with Crippen molar-refractivity contribution in [2.45, 2.75) is 33.7 Å². The molecule has 6 heteroatoms. The maximum absolute atomic E-state index is 11.8. The van der Waals surface area contributed by atoms with Crippen LogP contribution in [0.4, 0.5) is 5.82 Å². The molecule has 1 aromatic heterocycles. The van der Waals surface area contributed by atoms with Gasteiger partial charge >= 0.3 is 0 Å². The van der Waals surface area contributed by atoms with Gasteiger partial charge in [-0.05, 0) is 31.4 Å². The van der Waals surface area contributed by atoms with Crippen LogP contribution in [0.25, 0.3) is 0 Å². The molecule has 1 heterocycles.